The maximum atomic E-state index is 7.57. The molecule has 0 atom stereocenters. The van der Waals surface area contributed by atoms with E-state index in [0.717, 1.165) is 28.0 Å². The lowest BCUT2D eigenvalue weighted by atomic mass is 10.1. The average Bonchev–Trinajstić information content (AvgIpc) is 2.25. The molecule has 0 fully saturated rings. The highest BCUT2D eigenvalue weighted by Gasteiger charge is 2.09. The molecule has 0 spiro atoms. The molecule has 0 bridgehead atoms. The first-order chi connectivity index (χ1) is 7.56. The third-order valence-corrected chi connectivity index (χ3v) is 3.37. The van der Waals surface area contributed by atoms with Crippen molar-refractivity contribution >= 4 is 39.2 Å². The van der Waals surface area contributed by atoms with Gasteiger partial charge in [0, 0.05) is 35.1 Å². The Morgan fingerprint density at radius 2 is 2.25 bits per heavy atom. The number of hydrogen-bond acceptors (Lipinski definition) is 3. The highest BCUT2D eigenvalue weighted by molar-refractivity contribution is 9.10. The summed E-state index contributed by atoms with van der Waals surface area (Å²) in [5.74, 6) is 1.16. The Bertz CT molecular complexity index is 381. The Morgan fingerprint density at radius 1 is 1.56 bits per heavy atom. The SMILES string of the molecule is CSCCN(C)c1ccc(Br)cc1C(=N)N. The van der Waals surface area contributed by atoms with E-state index in [0.29, 0.717) is 0 Å². The summed E-state index contributed by atoms with van der Waals surface area (Å²) in [6, 6.07) is 5.84. The van der Waals surface area contributed by atoms with Crippen molar-refractivity contribution in [1.29, 1.82) is 5.41 Å². The van der Waals surface area contributed by atoms with Crippen LogP contribution in [-0.4, -0.2) is 31.4 Å². The average molecular weight is 302 g/mol. The van der Waals surface area contributed by atoms with Gasteiger partial charge in [-0.25, -0.2) is 0 Å². The lowest BCUT2D eigenvalue weighted by Crippen LogP contribution is -2.24. The molecule has 0 saturated carbocycles. The minimum Gasteiger partial charge on any atom is -0.384 e. The molecular formula is C11H16BrN3S. The molecule has 0 unspecified atom stereocenters. The van der Waals surface area contributed by atoms with Gasteiger partial charge in [0.1, 0.15) is 5.84 Å². The van der Waals surface area contributed by atoms with Gasteiger partial charge in [-0.3, -0.25) is 5.41 Å². The van der Waals surface area contributed by atoms with Gasteiger partial charge in [0.15, 0.2) is 0 Å². The van der Waals surface area contributed by atoms with Gasteiger partial charge in [-0.15, -0.1) is 0 Å². The summed E-state index contributed by atoms with van der Waals surface area (Å²) in [5, 5.41) is 7.57. The lowest BCUT2D eigenvalue weighted by Gasteiger charge is -2.21. The van der Waals surface area contributed by atoms with E-state index < -0.39 is 0 Å². The number of rotatable bonds is 5. The predicted molar refractivity (Wildman–Crippen MR) is 76.8 cm³/mol. The maximum absolute atomic E-state index is 7.57. The van der Waals surface area contributed by atoms with Gasteiger partial charge in [-0.1, -0.05) is 15.9 Å². The van der Waals surface area contributed by atoms with Crippen LogP contribution in [0.1, 0.15) is 5.56 Å². The van der Waals surface area contributed by atoms with Crippen molar-refractivity contribution in [2.75, 3.05) is 30.5 Å². The van der Waals surface area contributed by atoms with Gasteiger partial charge in [0.05, 0.1) is 0 Å². The molecule has 16 heavy (non-hydrogen) atoms. The summed E-state index contributed by atoms with van der Waals surface area (Å²) >= 11 is 5.20. The zero-order valence-corrected chi connectivity index (χ0v) is 11.9. The number of hydrogen-bond donors (Lipinski definition) is 2. The summed E-state index contributed by atoms with van der Waals surface area (Å²) in [7, 11) is 2.02. The number of anilines is 1. The van der Waals surface area contributed by atoms with Crippen LogP contribution in [0.4, 0.5) is 5.69 Å². The van der Waals surface area contributed by atoms with Crippen LogP contribution in [0.2, 0.25) is 0 Å². The van der Waals surface area contributed by atoms with E-state index in [9.17, 15) is 0 Å². The maximum Gasteiger partial charge on any atom is 0.124 e. The summed E-state index contributed by atoms with van der Waals surface area (Å²) in [5.41, 5.74) is 7.36. The molecule has 0 aromatic heterocycles. The van der Waals surface area contributed by atoms with Gasteiger partial charge >= 0.3 is 0 Å². The van der Waals surface area contributed by atoms with Crippen molar-refractivity contribution < 1.29 is 0 Å². The number of thioether (sulfide) groups is 1. The van der Waals surface area contributed by atoms with Crippen LogP contribution in [-0.2, 0) is 0 Å². The number of nitrogens with two attached hydrogens (primary N) is 1. The standard InChI is InChI=1S/C11H16BrN3S/c1-15(5-6-16-2)10-4-3-8(12)7-9(10)11(13)14/h3-4,7H,5-6H2,1-2H3,(H3,13,14). The molecule has 0 aliphatic carbocycles. The first-order valence-corrected chi connectivity index (χ1v) is 7.09. The number of benzene rings is 1. The fourth-order valence-corrected chi connectivity index (χ4v) is 2.22. The molecule has 0 amide bonds. The van der Waals surface area contributed by atoms with Crippen LogP contribution in [0.5, 0.6) is 0 Å². The third-order valence-electron chi connectivity index (χ3n) is 2.29. The van der Waals surface area contributed by atoms with E-state index in [2.05, 4.69) is 27.1 Å². The topological polar surface area (TPSA) is 53.1 Å². The second-order valence-corrected chi connectivity index (χ2v) is 5.39. The van der Waals surface area contributed by atoms with Crippen LogP contribution in [0.3, 0.4) is 0 Å². The molecule has 1 rings (SSSR count). The van der Waals surface area contributed by atoms with Crippen molar-refractivity contribution in [3.8, 4) is 0 Å². The molecule has 1 aromatic carbocycles. The summed E-state index contributed by atoms with van der Waals surface area (Å²) in [6.07, 6.45) is 2.08. The van der Waals surface area contributed by atoms with Crippen LogP contribution >= 0.6 is 27.7 Å². The van der Waals surface area contributed by atoms with Gasteiger partial charge < -0.3 is 10.6 Å². The molecule has 3 N–H and O–H groups in total. The van der Waals surface area contributed by atoms with Crippen molar-refractivity contribution in [3.63, 3.8) is 0 Å². The van der Waals surface area contributed by atoms with Crippen LogP contribution in [0, 0.1) is 5.41 Å². The first kappa shape index (κ1) is 13.4. The first-order valence-electron chi connectivity index (χ1n) is 4.90. The molecule has 0 saturated heterocycles. The second-order valence-electron chi connectivity index (χ2n) is 3.49. The molecule has 88 valence electrons. The lowest BCUT2D eigenvalue weighted by molar-refractivity contribution is 0.975. The van der Waals surface area contributed by atoms with Crippen molar-refractivity contribution in [2.45, 2.75) is 0 Å². The van der Waals surface area contributed by atoms with Gasteiger partial charge in [0.25, 0.3) is 0 Å². The Kier molecular flexibility index (Phi) is 5.15. The Morgan fingerprint density at radius 3 is 2.81 bits per heavy atom. The van der Waals surface area contributed by atoms with Crippen molar-refractivity contribution in [3.05, 3.63) is 28.2 Å². The smallest absolute Gasteiger partial charge is 0.124 e. The number of nitrogens with one attached hydrogen (secondary N) is 1. The highest BCUT2D eigenvalue weighted by atomic mass is 79.9. The van der Waals surface area contributed by atoms with Crippen LogP contribution < -0.4 is 10.6 Å². The minimum atomic E-state index is 0.104. The number of halogens is 1. The normalized spacial score (nSPS) is 10.2. The third kappa shape index (κ3) is 3.42. The molecule has 0 radical (unpaired) electrons. The number of amidine groups is 1. The summed E-state index contributed by atoms with van der Waals surface area (Å²) < 4.78 is 0.944. The molecular weight excluding hydrogens is 286 g/mol. The number of nitrogens with zero attached hydrogens (tertiary/aromatic N) is 1. The molecule has 0 heterocycles. The second kappa shape index (κ2) is 6.15. The summed E-state index contributed by atoms with van der Waals surface area (Å²) in [6.45, 7) is 0.947. The fourth-order valence-electron chi connectivity index (χ4n) is 1.41. The molecule has 1 aromatic rings. The number of nitrogen functional groups attached to an aromatic ring is 1. The largest absolute Gasteiger partial charge is 0.384 e. The quantitative estimate of drug-likeness (QED) is 0.649. The van der Waals surface area contributed by atoms with Crippen molar-refractivity contribution in [2.24, 2.45) is 5.73 Å². The van der Waals surface area contributed by atoms with Crippen LogP contribution in [0.15, 0.2) is 22.7 Å². The van der Waals surface area contributed by atoms with E-state index in [1.165, 1.54) is 0 Å². The van der Waals surface area contributed by atoms with Crippen molar-refractivity contribution in [1.82, 2.24) is 0 Å². The van der Waals surface area contributed by atoms with E-state index >= 15 is 0 Å². The minimum absolute atomic E-state index is 0.104. The van der Waals surface area contributed by atoms with E-state index in [1.54, 1.807) is 11.8 Å². The zero-order chi connectivity index (χ0) is 12.1. The molecule has 5 heteroatoms. The van der Waals surface area contributed by atoms with Gasteiger partial charge in [-0.2, -0.15) is 11.8 Å². The van der Waals surface area contributed by atoms with Gasteiger partial charge in [-0.05, 0) is 24.5 Å². The summed E-state index contributed by atoms with van der Waals surface area (Å²) in [4.78, 5) is 2.12. The van der Waals surface area contributed by atoms with Crippen LogP contribution in [0.25, 0.3) is 0 Å². The van der Waals surface area contributed by atoms with Gasteiger partial charge in [0.2, 0.25) is 0 Å². The predicted octanol–water partition coefficient (Wildman–Crippen LogP) is 2.53. The zero-order valence-electron chi connectivity index (χ0n) is 9.46. The van der Waals surface area contributed by atoms with E-state index in [1.807, 2.05) is 25.2 Å². The molecule has 0 aliphatic rings. The monoisotopic (exact) mass is 301 g/mol. The van der Waals surface area contributed by atoms with E-state index in [4.69, 9.17) is 11.1 Å². The fraction of sp³-hybridized carbons (Fsp3) is 0.364. The molecule has 0 aliphatic heterocycles. The Hall–Kier alpha value is -0.680. The van der Waals surface area contributed by atoms with E-state index in [-0.39, 0.29) is 5.84 Å². The molecule has 3 nitrogen and oxygen atoms in total. The Balaban J connectivity index is 2.98. The highest BCUT2D eigenvalue weighted by Crippen LogP contribution is 2.23. The Labute approximate surface area is 109 Å².